The average Bonchev–Trinajstić information content (AvgIpc) is 3.39. The standard InChI is InChI=1S/C19H23N3O4S.ClH/c1-27(24,25)19(8-10-20-11-9-19)18(23)22-15-6-4-13(5-7-15)16-12-21-17(26-16)14-2-3-14;/h4-7,12,14,20H,2-3,8-11H2,1H3,(H,22,23);1H. The van der Waals surface area contributed by atoms with Crippen LogP contribution in [-0.4, -0.2) is 43.4 Å². The minimum Gasteiger partial charge on any atom is -0.440 e. The summed E-state index contributed by atoms with van der Waals surface area (Å²) >= 11 is 0. The Labute approximate surface area is 170 Å². The molecule has 0 bridgehead atoms. The number of nitrogens with zero attached hydrogens (tertiary/aromatic N) is 1. The highest BCUT2D eigenvalue weighted by Gasteiger charge is 2.48. The monoisotopic (exact) mass is 425 g/mol. The zero-order valence-electron chi connectivity index (χ0n) is 15.6. The molecule has 1 aromatic heterocycles. The molecule has 4 rings (SSSR count). The molecule has 1 amide bonds. The van der Waals surface area contributed by atoms with Crippen molar-refractivity contribution in [3.8, 4) is 11.3 Å². The van der Waals surface area contributed by atoms with E-state index in [0.29, 0.717) is 30.5 Å². The largest absolute Gasteiger partial charge is 0.440 e. The van der Waals surface area contributed by atoms with Gasteiger partial charge in [0.25, 0.3) is 0 Å². The van der Waals surface area contributed by atoms with E-state index >= 15 is 0 Å². The molecule has 1 saturated carbocycles. The highest BCUT2D eigenvalue weighted by molar-refractivity contribution is 7.92. The number of hydrogen-bond donors (Lipinski definition) is 2. The molecule has 1 aliphatic carbocycles. The smallest absolute Gasteiger partial charge is 0.245 e. The van der Waals surface area contributed by atoms with Crippen LogP contribution in [0.4, 0.5) is 5.69 Å². The Morgan fingerprint density at radius 2 is 1.86 bits per heavy atom. The number of oxazole rings is 1. The van der Waals surface area contributed by atoms with Crippen molar-refractivity contribution >= 4 is 33.8 Å². The van der Waals surface area contributed by atoms with E-state index in [1.54, 1.807) is 18.3 Å². The molecule has 2 fully saturated rings. The average molecular weight is 426 g/mol. The zero-order valence-corrected chi connectivity index (χ0v) is 17.2. The topological polar surface area (TPSA) is 101 Å². The van der Waals surface area contributed by atoms with Crippen molar-refractivity contribution in [1.29, 1.82) is 0 Å². The van der Waals surface area contributed by atoms with Gasteiger partial charge in [-0.25, -0.2) is 13.4 Å². The number of anilines is 1. The maximum absolute atomic E-state index is 12.8. The second kappa shape index (κ2) is 7.85. The number of halogens is 1. The van der Waals surface area contributed by atoms with Crippen LogP contribution in [0.25, 0.3) is 11.3 Å². The Bertz CT molecular complexity index is 946. The van der Waals surface area contributed by atoms with Crippen molar-refractivity contribution in [3.05, 3.63) is 36.4 Å². The first-order valence-electron chi connectivity index (χ1n) is 9.17. The molecule has 0 radical (unpaired) electrons. The van der Waals surface area contributed by atoms with Crippen LogP contribution >= 0.6 is 12.4 Å². The fourth-order valence-corrected chi connectivity index (χ4v) is 4.83. The minimum absolute atomic E-state index is 0. The van der Waals surface area contributed by atoms with Crippen molar-refractivity contribution in [2.24, 2.45) is 0 Å². The summed E-state index contributed by atoms with van der Waals surface area (Å²) in [4.78, 5) is 17.1. The molecule has 7 nitrogen and oxygen atoms in total. The highest BCUT2D eigenvalue weighted by Crippen LogP contribution is 2.40. The lowest BCUT2D eigenvalue weighted by Gasteiger charge is -2.34. The quantitative estimate of drug-likeness (QED) is 0.763. The molecular formula is C19H24ClN3O4S. The number of amides is 1. The number of carbonyl (C=O) groups excluding carboxylic acids is 1. The molecule has 2 heterocycles. The van der Waals surface area contributed by atoms with Gasteiger partial charge in [0.2, 0.25) is 5.91 Å². The van der Waals surface area contributed by atoms with Crippen LogP contribution < -0.4 is 10.6 Å². The molecule has 0 atom stereocenters. The molecule has 28 heavy (non-hydrogen) atoms. The van der Waals surface area contributed by atoms with Crippen LogP contribution in [-0.2, 0) is 14.6 Å². The molecule has 0 spiro atoms. The van der Waals surface area contributed by atoms with E-state index in [9.17, 15) is 13.2 Å². The summed E-state index contributed by atoms with van der Waals surface area (Å²) in [6.07, 6.45) is 5.66. The van der Waals surface area contributed by atoms with Gasteiger partial charge in [-0.15, -0.1) is 12.4 Å². The van der Waals surface area contributed by atoms with Gasteiger partial charge < -0.3 is 15.1 Å². The number of piperidine rings is 1. The van der Waals surface area contributed by atoms with Gasteiger partial charge in [-0.3, -0.25) is 4.79 Å². The maximum atomic E-state index is 12.8. The Hall–Kier alpha value is -1.90. The fourth-order valence-electron chi connectivity index (χ4n) is 3.50. The van der Waals surface area contributed by atoms with Crippen molar-refractivity contribution in [2.45, 2.75) is 36.3 Å². The number of nitrogens with one attached hydrogen (secondary N) is 2. The maximum Gasteiger partial charge on any atom is 0.245 e. The zero-order chi connectivity index (χ0) is 19.1. The molecule has 1 aromatic carbocycles. The second-order valence-corrected chi connectivity index (χ2v) is 9.71. The third-order valence-electron chi connectivity index (χ3n) is 5.41. The Morgan fingerprint density at radius 1 is 1.21 bits per heavy atom. The Balaban J connectivity index is 0.00000225. The third kappa shape index (κ3) is 3.94. The van der Waals surface area contributed by atoms with E-state index in [-0.39, 0.29) is 25.2 Å². The molecule has 2 N–H and O–H groups in total. The summed E-state index contributed by atoms with van der Waals surface area (Å²) in [5, 5.41) is 5.89. The lowest BCUT2D eigenvalue weighted by molar-refractivity contribution is -0.119. The van der Waals surface area contributed by atoms with Crippen LogP contribution in [0, 0.1) is 0 Å². The van der Waals surface area contributed by atoms with Gasteiger partial charge >= 0.3 is 0 Å². The summed E-state index contributed by atoms with van der Waals surface area (Å²) in [6, 6.07) is 7.18. The van der Waals surface area contributed by atoms with Gasteiger partial charge in [0.15, 0.2) is 26.2 Å². The van der Waals surface area contributed by atoms with E-state index in [1.165, 1.54) is 0 Å². The molecule has 2 aromatic rings. The first-order chi connectivity index (χ1) is 12.9. The molecule has 9 heteroatoms. The Morgan fingerprint density at radius 3 is 2.43 bits per heavy atom. The predicted molar refractivity (Wildman–Crippen MR) is 109 cm³/mol. The van der Waals surface area contributed by atoms with Crippen molar-refractivity contribution in [2.75, 3.05) is 24.7 Å². The third-order valence-corrected chi connectivity index (χ3v) is 7.43. The molecular weight excluding hydrogens is 402 g/mol. The normalized spacial score (nSPS) is 18.9. The van der Waals surface area contributed by atoms with Crippen LogP contribution in [0.15, 0.2) is 34.9 Å². The van der Waals surface area contributed by atoms with Gasteiger partial charge in [-0.05, 0) is 63.0 Å². The van der Waals surface area contributed by atoms with E-state index in [1.807, 2.05) is 12.1 Å². The van der Waals surface area contributed by atoms with E-state index in [2.05, 4.69) is 15.6 Å². The van der Waals surface area contributed by atoms with Crippen LogP contribution in [0.2, 0.25) is 0 Å². The number of sulfone groups is 1. The number of aromatic nitrogens is 1. The lowest BCUT2D eigenvalue weighted by atomic mass is 9.95. The summed E-state index contributed by atoms with van der Waals surface area (Å²) in [7, 11) is -3.53. The Kier molecular flexibility index (Phi) is 5.84. The van der Waals surface area contributed by atoms with Crippen molar-refractivity contribution in [3.63, 3.8) is 0 Å². The lowest BCUT2D eigenvalue weighted by Crippen LogP contribution is -2.55. The highest BCUT2D eigenvalue weighted by atomic mass is 35.5. The SMILES string of the molecule is CS(=O)(=O)C1(C(=O)Nc2ccc(-c3cnc(C4CC4)o3)cc2)CCNCC1.Cl. The van der Waals surface area contributed by atoms with E-state index in [4.69, 9.17) is 4.42 Å². The number of carbonyl (C=O) groups is 1. The summed E-state index contributed by atoms with van der Waals surface area (Å²) < 4.78 is 29.1. The molecule has 2 aliphatic rings. The molecule has 152 valence electrons. The van der Waals surface area contributed by atoms with Gasteiger partial charge in [0.1, 0.15) is 0 Å². The van der Waals surface area contributed by atoms with Gasteiger partial charge in [-0.2, -0.15) is 0 Å². The van der Waals surface area contributed by atoms with Crippen LogP contribution in [0.3, 0.4) is 0 Å². The van der Waals surface area contributed by atoms with Crippen molar-refractivity contribution < 1.29 is 17.6 Å². The number of hydrogen-bond acceptors (Lipinski definition) is 6. The molecule has 1 aliphatic heterocycles. The van der Waals surface area contributed by atoms with E-state index in [0.717, 1.165) is 30.6 Å². The molecule has 0 unspecified atom stereocenters. The first-order valence-corrected chi connectivity index (χ1v) is 11.1. The van der Waals surface area contributed by atoms with Crippen LogP contribution in [0.1, 0.15) is 37.5 Å². The van der Waals surface area contributed by atoms with E-state index < -0.39 is 20.5 Å². The summed E-state index contributed by atoms with van der Waals surface area (Å²) in [5.74, 6) is 1.47. The van der Waals surface area contributed by atoms with Crippen LogP contribution in [0.5, 0.6) is 0 Å². The molecule has 1 saturated heterocycles. The second-order valence-electron chi connectivity index (χ2n) is 7.38. The first kappa shape index (κ1) is 20.8. The van der Waals surface area contributed by atoms with Gasteiger partial charge in [0, 0.05) is 23.4 Å². The van der Waals surface area contributed by atoms with Gasteiger partial charge in [0.05, 0.1) is 6.20 Å². The van der Waals surface area contributed by atoms with Gasteiger partial charge in [-0.1, -0.05) is 0 Å². The minimum atomic E-state index is -3.53. The fraction of sp³-hybridized carbons (Fsp3) is 0.474. The number of rotatable bonds is 5. The summed E-state index contributed by atoms with van der Waals surface area (Å²) in [5.41, 5.74) is 1.43. The predicted octanol–water partition coefficient (Wildman–Crippen LogP) is 2.75. The number of benzene rings is 1. The summed E-state index contributed by atoms with van der Waals surface area (Å²) in [6.45, 7) is 1.02. The van der Waals surface area contributed by atoms with Crippen molar-refractivity contribution in [1.82, 2.24) is 10.3 Å².